The first kappa shape index (κ1) is 29.2. The summed E-state index contributed by atoms with van der Waals surface area (Å²) in [4.78, 5) is 37.5. The van der Waals surface area contributed by atoms with Crippen LogP contribution in [0.1, 0.15) is 88.3 Å². The number of hydrogen-bond acceptors (Lipinski definition) is 5. The third kappa shape index (κ3) is 6.01. The van der Waals surface area contributed by atoms with Crippen molar-refractivity contribution in [3.8, 4) is 11.1 Å². The molecule has 2 heterocycles. The number of hydrogen-bond donors (Lipinski definition) is 0. The maximum Gasteiger partial charge on any atom is 0.337 e. The molecule has 1 aliphatic heterocycles. The molecule has 3 atom stereocenters. The van der Waals surface area contributed by atoms with Crippen LogP contribution in [0.2, 0.25) is 0 Å². The van der Waals surface area contributed by atoms with Crippen LogP contribution in [0.25, 0.3) is 11.1 Å². The predicted molar refractivity (Wildman–Crippen MR) is 160 cm³/mol. The molecule has 1 amide bonds. The minimum atomic E-state index is -0.710. The topological polar surface area (TPSA) is 71.9 Å². The van der Waals surface area contributed by atoms with Crippen molar-refractivity contribution in [3.63, 3.8) is 0 Å². The molecule has 1 aromatic heterocycles. The molecule has 210 valence electrons. The van der Waals surface area contributed by atoms with Gasteiger partial charge in [0.2, 0.25) is 0 Å². The minimum absolute atomic E-state index is 0.0808. The summed E-state index contributed by atoms with van der Waals surface area (Å²) < 4.78 is 4.86. The Morgan fingerprint density at radius 2 is 1.65 bits per heavy atom. The molecule has 0 radical (unpaired) electrons. The third-order valence-electron chi connectivity index (χ3n) is 8.33. The Morgan fingerprint density at radius 1 is 1.00 bits per heavy atom. The molecule has 0 N–H and O–H groups in total. The van der Waals surface area contributed by atoms with Crippen molar-refractivity contribution < 1.29 is 14.3 Å². The van der Waals surface area contributed by atoms with E-state index >= 15 is 0 Å². The van der Waals surface area contributed by atoms with Crippen molar-refractivity contribution in [2.24, 2.45) is 16.3 Å². The van der Waals surface area contributed by atoms with Crippen molar-refractivity contribution >= 4 is 17.6 Å². The van der Waals surface area contributed by atoms with Crippen LogP contribution in [0.15, 0.2) is 78.0 Å². The van der Waals surface area contributed by atoms with Crippen LogP contribution in [0.4, 0.5) is 0 Å². The lowest BCUT2D eigenvalue weighted by Crippen LogP contribution is -2.46. The highest BCUT2D eigenvalue weighted by molar-refractivity contribution is 6.46. The SMILES string of the molecule is CCC(CCC1(C)N=C(c2cccc(-c3ccncc3)c2)C(=O)N1[C@H](C)c1ccc(C(=O)OC)cc1)C(C)(C)C. The Labute approximate surface area is 238 Å². The molecule has 3 aromatic rings. The van der Waals surface area contributed by atoms with Crippen LogP contribution in [0.5, 0.6) is 0 Å². The summed E-state index contributed by atoms with van der Waals surface area (Å²) in [5.41, 5.74) is 4.23. The lowest BCUT2D eigenvalue weighted by molar-refractivity contribution is -0.130. The first-order chi connectivity index (χ1) is 19.0. The smallest absolute Gasteiger partial charge is 0.337 e. The average molecular weight is 540 g/mol. The molecular formula is C34H41N3O3. The number of esters is 1. The first-order valence-corrected chi connectivity index (χ1v) is 14.1. The molecule has 4 rings (SSSR count). The monoisotopic (exact) mass is 539 g/mol. The van der Waals surface area contributed by atoms with Crippen molar-refractivity contribution in [1.82, 2.24) is 9.88 Å². The molecule has 2 unspecified atom stereocenters. The Morgan fingerprint density at radius 3 is 2.25 bits per heavy atom. The van der Waals surface area contributed by atoms with E-state index in [0.717, 1.165) is 41.5 Å². The summed E-state index contributed by atoms with van der Waals surface area (Å²) in [5.74, 6) is 0.0432. The number of benzene rings is 2. The molecule has 1 aliphatic rings. The molecule has 40 heavy (non-hydrogen) atoms. The standard InChI is InChI=1S/C34H41N3O3/c1-8-29(33(3,4)5)16-19-34(6)36-30(28-11-9-10-27(22-28)25-17-20-35-21-18-25)31(38)37(34)23(2)24-12-14-26(15-13-24)32(39)40-7/h9-15,17-18,20-23,29H,8,16,19H2,1-7H3/t23-,29?,34?/m1/s1. The number of rotatable bonds is 9. The normalized spacial score (nSPS) is 18.8. The molecule has 0 fully saturated rings. The van der Waals surface area contributed by atoms with Gasteiger partial charge in [-0.05, 0) is 85.0 Å². The maximum atomic E-state index is 14.2. The van der Waals surface area contributed by atoms with Gasteiger partial charge in [0.15, 0.2) is 0 Å². The second-order valence-corrected chi connectivity index (χ2v) is 12.0. The zero-order chi connectivity index (χ0) is 29.1. The number of methoxy groups -OCH3 is 1. The van der Waals surface area contributed by atoms with Gasteiger partial charge in [-0.2, -0.15) is 0 Å². The summed E-state index contributed by atoms with van der Waals surface area (Å²) in [6.07, 6.45) is 6.33. The Kier molecular flexibility index (Phi) is 8.57. The van der Waals surface area contributed by atoms with Gasteiger partial charge in [0, 0.05) is 18.0 Å². The Hall–Kier alpha value is -3.80. The van der Waals surface area contributed by atoms with E-state index in [-0.39, 0.29) is 23.3 Å². The number of aliphatic imine (C=N–C) groups is 1. The molecule has 0 bridgehead atoms. The van der Waals surface area contributed by atoms with E-state index in [1.54, 1.807) is 24.5 Å². The lowest BCUT2D eigenvalue weighted by atomic mass is 9.75. The van der Waals surface area contributed by atoms with E-state index in [0.29, 0.717) is 17.2 Å². The van der Waals surface area contributed by atoms with Gasteiger partial charge in [0.05, 0.1) is 18.7 Å². The molecule has 2 aromatic carbocycles. The molecule has 6 heteroatoms. The van der Waals surface area contributed by atoms with Gasteiger partial charge in [0.1, 0.15) is 11.4 Å². The first-order valence-electron chi connectivity index (χ1n) is 14.1. The van der Waals surface area contributed by atoms with Crippen molar-refractivity contribution in [2.75, 3.05) is 7.11 Å². The predicted octanol–water partition coefficient (Wildman–Crippen LogP) is 7.50. The van der Waals surface area contributed by atoms with Crippen LogP contribution < -0.4 is 0 Å². The minimum Gasteiger partial charge on any atom is -0.465 e. The Bertz CT molecular complexity index is 1380. The summed E-state index contributed by atoms with van der Waals surface area (Å²) in [6, 6.07) is 19.0. The van der Waals surface area contributed by atoms with E-state index in [2.05, 4.69) is 39.6 Å². The van der Waals surface area contributed by atoms with Crippen molar-refractivity contribution in [2.45, 2.75) is 72.5 Å². The highest BCUT2D eigenvalue weighted by Gasteiger charge is 2.46. The number of ether oxygens (including phenoxy) is 1. The van der Waals surface area contributed by atoms with E-state index in [1.807, 2.05) is 60.4 Å². The third-order valence-corrected chi connectivity index (χ3v) is 8.33. The van der Waals surface area contributed by atoms with E-state index in [4.69, 9.17) is 9.73 Å². The van der Waals surface area contributed by atoms with Crippen LogP contribution in [-0.2, 0) is 9.53 Å². The highest BCUT2D eigenvalue weighted by atomic mass is 16.5. The maximum absolute atomic E-state index is 14.2. The summed E-state index contributed by atoms with van der Waals surface area (Å²) >= 11 is 0. The lowest BCUT2D eigenvalue weighted by Gasteiger charge is -2.40. The fourth-order valence-corrected chi connectivity index (χ4v) is 5.89. The van der Waals surface area contributed by atoms with Gasteiger partial charge in [-0.3, -0.25) is 14.8 Å². The van der Waals surface area contributed by atoms with Crippen LogP contribution in [0, 0.1) is 11.3 Å². The van der Waals surface area contributed by atoms with Crippen molar-refractivity contribution in [3.05, 3.63) is 89.7 Å². The van der Waals surface area contributed by atoms with Gasteiger partial charge in [-0.25, -0.2) is 4.79 Å². The van der Waals surface area contributed by atoms with Gasteiger partial charge in [-0.15, -0.1) is 0 Å². The van der Waals surface area contributed by atoms with Crippen LogP contribution >= 0.6 is 0 Å². The zero-order valence-electron chi connectivity index (χ0n) is 24.8. The molecule has 0 saturated heterocycles. The van der Waals surface area contributed by atoms with E-state index in [1.165, 1.54) is 7.11 Å². The molecular weight excluding hydrogens is 498 g/mol. The Balaban J connectivity index is 1.72. The number of amides is 1. The second kappa shape index (κ2) is 11.7. The number of carbonyl (C=O) groups is 2. The molecule has 0 spiro atoms. The largest absolute Gasteiger partial charge is 0.465 e. The van der Waals surface area contributed by atoms with Crippen LogP contribution in [0.3, 0.4) is 0 Å². The molecule has 0 aliphatic carbocycles. The van der Waals surface area contributed by atoms with Crippen molar-refractivity contribution in [1.29, 1.82) is 0 Å². The van der Waals surface area contributed by atoms with Gasteiger partial charge in [-0.1, -0.05) is 64.4 Å². The highest BCUT2D eigenvalue weighted by Crippen LogP contribution is 2.41. The second-order valence-electron chi connectivity index (χ2n) is 12.0. The quantitative estimate of drug-likeness (QED) is 0.264. The molecule has 6 nitrogen and oxygen atoms in total. The fourth-order valence-electron chi connectivity index (χ4n) is 5.89. The zero-order valence-corrected chi connectivity index (χ0v) is 24.8. The average Bonchev–Trinajstić information content (AvgIpc) is 3.22. The summed E-state index contributed by atoms with van der Waals surface area (Å²) in [7, 11) is 1.37. The van der Waals surface area contributed by atoms with Crippen LogP contribution in [-0.4, -0.2) is 40.2 Å². The van der Waals surface area contributed by atoms with E-state index in [9.17, 15) is 9.59 Å². The van der Waals surface area contributed by atoms with Gasteiger partial charge < -0.3 is 9.64 Å². The summed E-state index contributed by atoms with van der Waals surface area (Å²) in [6.45, 7) is 13.2. The van der Waals surface area contributed by atoms with E-state index < -0.39 is 5.66 Å². The summed E-state index contributed by atoms with van der Waals surface area (Å²) in [5, 5.41) is 0. The number of nitrogens with zero attached hydrogens (tertiary/aromatic N) is 3. The fraction of sp³-hybridized carbons (Fsp3) is 0.412. The number of pyridine rings is 1. The number of carbonyl (C=O) groups excluding carboxylic acids is 2. The van der Waals surface area contributed by atoms with Gasteiger partial charge in [0.25, 0.3) is 5.91 Å². The molecule has 0 saturated carbocycles. The van der Waals surface area contributed by atoms with Gasteiger partial charge >= 0.3 is 5.97 Å². The number of aromatic nitrogens is 1.